The molecule has 0 saturated heterocycles. The maximum Gasteiger partial charge on any atom is 0.224 e. The summed E-state index contributed by atoms with van der Waals surface area (Å²) >= 11 is 5.72. The lowest BCUT2D eigenvalue weighted by atomic mass is 10.3. The van der Waals surface area contributed by atoms with E-state index in [0.29, 0.717) is 17.0 Å². The predicted molar refractivity (Wildman–Crippen MR) is 70.8 cm³/mol. The fourth-order valence-electron chi connectivity index (χ4n) is 1.67. The van der Waals surface area contributed by atoms with E-state index in [-0.39, 0.29) is 16.7 Å². The Morgan fingerprint density at radius 3 is 3.00 bits per heavy atom. The van der Waals surface area contributed by atoms with Crippen LogP contribution in [-0.2, 0) is 0 Å². The van der Waals surface area contributed by atoms with Crippen molar-refractivity contribution in [3.63, 3.8) is 0 Å². The number of hydrogen-bond acceptors (Lipinski definition) is 5. The number of aromatic nitrogens is 4. The van der Waals surface area contributed by atoms with Crippen molar-refractivity contribution in [1.29, 1.82) is 0 Å². The highest BCUT2D eigenvalue weighted by atomic mass is 35.5. The van der Waals surface area contributed by atoms with Crippen LogP contribution in [0.25, 0.3) is 11.2 Å². The number of hydrogen-bond donors (Lipinski definition) is 3. The van der Waals surface area contributed by atoms with Gasteiger partial charge in [-0.3, -0.25) is 0 Å². The average molecular weight is 279 g/mol. The molecule has 0 unspecified atom stereocenters. The zero-order valence-corrected chi connectivity index (χ0v) is 10.2. The molecule has 96 valence electrons. The fraction of sp³-hybridized carbons (Fsp3) is 0. The molecule has 0 aliphatic heterocycles. The van der Waals surface area contributed by atoms with Gasteiger partial charge in [-0.25, -0.2) is 9.37 Å². The summed E-state index contributed by atoms with van der Waals surface area (Å²) in [5.74, 6) is -0.181. The topological polar surface area (TPSA) is 92.5 Å². The van der Waals surface area contributed by atoms with Gasteiger partial charge in [0, 0.05) is 0 Å². The number of anilines is 3. The van der Waals surface area contributed by atoms with Gasteiger partial charge in [-0.15, -0.1) is 0 Å². The summed E-state index contributed by atoms with van der Waals surface area (Å²) in [5.41, 5.74) is 6.70. The van der Waals surface area contributed by atoms with E-state index in [1.807, 2.05) is 0 Å². The molecule has 2 aromatic heterocycles. The molecule has 8 heteroatoms. The number of benzene rings is 1. The first-order chi connectivity index (χ1) is 9.15. The maximum absolute atomic E-state index is 13.8. The van der Waals surface area contributed by atoms with Crippen molar-refractivity contribution in [3.8, 4) is 0 Å². The first-order valence-electron chi connectivity index (χ1n) is 5.33. The number of nitrogens with two attached hydrogens (primary N) is 1. The third-order valence-electron chi connectivity index (χ3n) is 2.51. The highest BCUT2D eigenvalue weighted by Crippen LogP contribution is 2.27. The standard InChI is InChI=1S/C11H8ClFN6/c12-5-2-1-3-6(7(5)13)17-10-8-9(16-4-15-8)18-11(14)19-10/h1-4H,(H4,14,15,16,17,18,19). The number of aromatic amines is 1. The van der Waals surface area contributed by atoms with Crippen molar-refractivity contribution < 1.29 is 4.39 Å². The molecule has 0 amide bonds. The third kappa shape index (κ3) is 2.04. The van der Waals surface area contributed by atoms with E-state index in [0.717, 1.165) is 0 Å². The van der Waals surface area contributed by atoms with Crippen molar-refractivity contribution in [1.82, 2.24) is 19.9 Å². The normalized spacial score (nSPS) is 10.8. The zero-order chi connectivity index (χ0) is 13.4. The fourth-order valence-corrected chi connectivity index (χ4v) is 1.84. The van der Waals surface area contributed by atoms with Gasteiger partial charge in [0.2, 0.25) is 5.95 Å². The van der Waals surface area contributed by atoms with Gasteiger partial charge in [0.25, 0.3) is 0 Å². The van der Waals surface area contributed by atoms with Crippen molar-refractivity contribution in [2.45, 2.75) is 0 Å². The Balaban J connectivity index is 2.10. The molecule has 0 aliphatic carbocycles. The number of nitrogens with one attached hydrogen (secondary N) is 2. The first kappa shape index (κ1) is 11.7. The molecule has 3 aromatic rings. The molecule has 6 nitrogen and oxygen atoms in total. The predicted octanol–water partition coefficient (Wildman–Crippen LogP) is 2.47. The molecular formula is C11H8ClFN6. The first-order valence-corrected chi connectivity index (χ1v) is 5.70. The van der Waals surface area contributed by atoms with Crippen LogP contribution in [-0.4, -0.2) is 19.9 Å². The van der Waals surface area contributed by atoms with Crippen molar-refractivity contribution in [3.05, 3.63) is 35.4 Å². The summed E-state index contributed by atoms with van der Waals surface area (Å²) in [6.07, 6.45) is 1.46. The van der Waals surface area contributed by atoms with Crippen molar-refractivity contribution in [2.24, 2.45) is 0 Å². The molecule has 0 radical (unpaired) electrons. The minimum Gasteiger partial charge on any atom is -0.368 e. The Morgan fingerprint density at radius 2 is 2.16 bits per heavy atom. The van der Waals surface area contributed by atoms with Gasteiger partial charge in [0.1, 0.15) is 5.52 Å². The van der Waals surface area contributed by atoms with Crippen LogP contribution < -0.4 is 11.1 Å². The summed E-state index contributed by atoms with van der Waals surface area (Å²) in [5, 5.41) is 2.84. The molecule has 0 saturated carbocycles. The quantitative estimate of drug-likeness (QED) is 0.670. The minimum absolute atomic E-state index is 0.0212. The van der Waals surface area contributed by atoms with Crippen LogP contribution in [0, 0.1) is 5.82 Å². The van der Waals surface area contributed by atoms with Gasteiger partial charge < -0.3 is 16.0 Å². The number of rotatable bonds is 2. The molecule has 3 rings (SSSR count). The Hall–Kier alpha value is -2.41. The zero-order valence-electron chi connectivity index (χ0n) is 9.48. The highest BCUT2D eigenvalue weighted by Gasteiger charge is 2.12. The SMILES string of the molecule is Nc1nc(Nc2cccc(Cl)c2F)c2[nH]cnc2n1. The summed E-state index contributed by atoms with van der Waals surface area (Å²) < 4.78 is 13.8. The van der Waals surface area contributed by atoms with Gasteiger partial charge in [-0.05, 0) is 12.1 Å². The second-order valence-electron chi connectivity index (χ2n) is 3.76. The number of imidazole rings is 1. The van der Waals surface area contributed by atoms with E-state index in [1.54, 1.807) is 12.1 Å². The van der Waals surface area contributed by atoms with Crippen LogP contribution >= 0.6 is 11.6 Å². The largest absolute Gasteiger partial charge is 0.368 e. The van der Waals surface area contributed by atoms with Crippen LogP contribution in [0.2, 0.25) is 5.02 Å². The summed E-state index contributed by atoms with van der Waals surface area (Å²) in [7, 11) is 0. The van der Waals surface area contributed by atoms with Gasteiger partial charge in [0.15, 0.2) is 17.3 Å². The number of H-pyrrole nitrogens is 1. The van der Waals surface area contributed by atoms with E-state index in [1.165, 1.54) is 12.4 Å². The van der Waals surface area contributed by atoms with Crippen LogP contribution in [0.3, 0.4) is 0 Å². The van der Waals surface area contributed by atoms with E-state index in [2.05, 4.69) is 25.3 Å². The second kappa shape index (κ2) is 4.36. The van der Waals surface area contributed by atoms with E-state index in [9.17, 15) is 4.39 Å². The lowest BCUT2D eigenvalue weighted by molar-refractivity contribution is 0.632. The molecule has 4 N–H and O–H groups in total. The number of halogens is 2. The van der Waals surface area contributed by atoms with Crippen LogP contribution in [0.5, 0.6) is 0 Å². The van der Waals surface area contributed by atoms with Crippen LogP contribution in [0.1, 0.15) is 0 Å². The lowest BCUT2D eigenvalue weighted by Crippen LogP contribution is -2.02. The highest BCUT2D eigenvalue weighted by molar-refractivity contribution is 6.31. The van der Waals surface area contributed by atoms with Crippen molar-refractivity contribution >= 4 is 40.2 Å². The van der Waals surface area contributed by atoms with Crippen LogP contribution in [0.15, 0.2) is 24.5 Å². The molecule has 1 aromatic carbocycles. The summed E-state index contributed by atoms with van der Waals surface area (Å²) in [6.45, 7) is 0. The number of nitrogen functional groups attached to an aromatic ring is 1. The molecule has 0 bridgehead atoms. The number of fused-ring (bicyclic) bond motifs is 1. The van der Waals surface area contributed by atoms with Crippen molar-refractivity contribution in [2.75, 3.05) is 11.1 Å². The van der Waals surface area contributed by atoms with Crippen LogP contribution in [0.4, 0.5) is 21.8 Å². The van der Waals surface area contributed by atoms with E-state index in [4.69, 9.17) is 17.3 Å². The van der Waals surface area contributed by atoms with Gasteiger partial charge >= 0.3 is 0 Å². The molecule has 2 heterocycles. The molecule has 0 fully saturated rings. The third-order valence-corrected chi connectivity index (χ3v) is 2.80. The Kier molecular flexibility index (Phi) is 2.68. The number of nitrogens with zero attached hydrogens (tertiary/aromatic N) is 3. The van der Waals surface area contributed by atoms with E-state index < -0.39 is 5.82 Å². The average Bonchev–Trinajstić information content (AvgIpc) is 2.83. The monoisotopic (exact) mass is 278 g/mol. The Morgan fingerprint density at radius 1 is 1.32 bits per heavy atom. The van der Waals surface area contributed by atoms with Gasteiger partial charge in [0.05, 0.1) is 17.0 Å². The Labute approximate surface area is 111 Å². The molecule has 19 heavy (non-hydrogen) atoms. The molecular weight excluding hydrogens is 271 g/mol. The second-order valence-corrected chi connectivity index (χ2v) is 4.17. The minimum atomic E-state index is -0.561. The summed E-state index contributed by atoms with van der Waals surface area (Å²) in [6, 6.07) is 4.63. The van der Waals surface area contributed by atoms with Gasteiger partial charge in [-0.1, -0.05) is 17.7 Å². The summed E-state index contributed by atoms with van der Waals surface area (Å²) in [4.78, 5) is 14.8. The smallest absolute Gasteiger partial charge is 0.224 e. The molecule has 0 aliphatic rings. The Bertz CT molecular complexity index is 756. The van der Waals surface area contributed by atoms with E-state index >= 15 is 0 Å². The molecule has 0 atom stereocenters. The maximum atomic E-state index is 13.8. The lowest BCUT2D eigenvalue weighted by Gasteiger charge is -2.08. The van der Waals surface area contributed by atoms with Gasteiger partial charge in [-0.2, -0.15) is 9.97 Å². The molecule has 0 spiro atoms.